The van der Waals surface area contributed by atoms with Crippen LogP contribution in [-0.4, -0.2) is 22.4 Å². The van der Waals surface area contributed by atoms with E-state index in [0.717, 1.165) is 24.8 Å². The van der Waals surface area contributed by atoms with Gasteiger partial charge in [-0.1, -0.05) is 12.1 Å². The first-order valence-corrected chi connectivity index (χ1v) is 9.35. The van der Waals surface area contributed by atoms with Gasteiger partial charge in [0.2, 0.25) is 5.91 Å². The Hall–Kier alpha value is -3.01. The average molecular weight is 358 g/mol. The number of fused-ring (bicyclic) bond motifs is 2. The molecular formula is C23H24N3O. The molecule has 0 aliphatic heterocycles. The summed E-state index contributed by atoms with van der Waals surface area (Å²) < 4.78 is 0. The molecule has 0 fully saturated rings. The predicted molar refractivity (Wildman–Crippen MR) is 111 cm³/mol. The minimum absolute atomic E-state index is 0.0114. The molecule has 2 aromatic carbocycles. The van der Waals surface area contributed by atoms with Crippen LogP contribution in [0.25, 0.3) is 21.8 Å². The van der Waals surface area contributed by atoms with Crippen LogP contribution in [0.15, 0.2) is 48.8 Å². The summed E-state index contributed by atoms with van der Waals surface area (Å²) in [5.41, 5.74) is 7.38. The molecule has 1 radical (unpaired) electrons. The van der Waals surface area contributed by atoms with Gasteiger partial charge in [-0.05, 0) is 72.7 Å². The Balaban J connectivity index is 1.59. The molecule has 4 rings (SSSR count). The van der Waals surface area contributed by atoms with Gasteiger partial charge in [-0.25, -0.2) is 0 Å². The first-order chi connectivity index (χ1) is 13.1. The van der Waals surface area contributed by atoms with Crippen LogP contribution in [-0.2, 0) is 24.1 Å². The molecule has 0 bridgehead atoms. The molecule has 0 aliphatic rings. The van der Waals surface area contributed by atoms with Gasteiger partial charge in [0.25, 0.3) is 0 Å². The largest absolute Gasteiger partial charge is 0.361 e. The number of hydrogen-bond donors (Lipinski definition) is 3. The second-order valence-electron chi connectivity index (χ2n) is 7.05. The van der Waals surface area contributed by atoms with E-state index in [1.807, 2.05) is 6.20 Å². The number of nitrogens with one attached hydrogen (secondary N) is 3. The highest BCUT2D eigenvalue weighted by Crippen LogP contribution is 2.24. The molecule has 27 heavy (non-hydrogen) atoms. The van der Waals surface area contributed by atoms with Gasteiger partial charge in [-0.2, -0.15) is 0 Å². The molecule has 4 aromatic rings. The van der Waals surface area contributed by atoms with Crippen molar-refractivity contribution in [2.45, 2.75) is 26.2 Å². The van der Waals surface area contributed by atoms with Crippen LogP contribution in [0.1, 0.15) is 29.2 Å². The number of hydrogen-bond acceptors (Lipinski definition) is 1. The Morgan fingerprint density at radius 3 is 2.15 bits per heavy atom. The second-order valence-corrected chi connectivity index (χ2v) is 7.05. The third kappa shape index (κ3) is 3.61. The van der Waals surface area contributed by atoms with E-state index in [-0.39, 0.29) is 5.91 Å². The fourth-order valence-corrected chi connectivity index (χ4v) is 3.69. The normalized spacial score (nSPS) is 11.3. The highest BCUT2D eigenvalue weighted by Gasteiger charge is 2.07. The number of amides is 1. The summed E-state index contributed by atoms with van der Waals surface area (Å²) in [7, 11) is 0. The third-order valence-electron chi connectivity index (χ3n) is 5.11. The van der Waals surface area contributed by atoms with Gasteiger partial charge in [0.1, 0.15) is 0 Å². The number of benzene rings is 2. The lowest BCUT2D eigenvalue weighted by atomic mass is 9.99. The number of carbonyl (C=O) groups is 1. The zero-order valence-electron chi connectivity index (χ0n) is 15.6. The molecule has 0 aliphatic carbocycles. The number of aromatic amines is 2. The Labute approximate surface area is 159 Å². The summed E-state index contributed by atoms with van der Waals surface area (Å²) >= 11 is 0. The average Bonchev–Trinajstić information content (AvgIpc) is 3.25. The Bertz CT molecular complexity index is 1100. The van der Waals surface area contributed by atoms with Crippen molar-refractivity contribution < 1.29 is 4.79 Å². The zero-order valence-corrected chi connectivity index (χ0v) is 15.6. The van der Waals surface area contributed by atoms with Gasteiger partial charge in [0, 0.05) is 47.7 Å². The Morgan fingerprint density at radius 1 is 0.963 bits per heavy atom. The molecule has 137 valence electrons. The minimum Gasteiger partial charge on any atom is -0.361 e. The van der Waals surface area contributed by atoms with E-state index in [1.54, 1.807) is 6.92 Å². The number of aromatic nitrogens is 2. The van der Waals surface area contributed by atoms with Crippen LogP contribution < -0.4 is 5.32 Å². The number of rotatable bonds is 6. The van der Waals surface area contributed by atoms with E-state index < -0.39 is 0 Å². The number of carbonyl (C=O) groups excluding carboxylic acids is 1. The van der Waals surface area contributed by atoms with Gasteiger partial charge in [0.15, 0.2) is 0 Å². The minimum atomic E-state index is 0.0114. The quantitative estimate of drug-likeness (QED) is 0.473. The summed E-state index contributed by atoms with van der Waals surface area (Å²) in [6, 6.07) is 13.2. The van der Waals surface area contributed by atoms with Crippen LogP contribution in [0.5, 0.6) is 0 Å². The van der Waals surface area contributed by atoms with E-state index >= 15 is 0 Å². The summed E-state index contributed by atoms with van der Waals surface area (Å²) in [6.45, 7) is 6.22. The first kappa shape index (κ1) is 17.4. The molecule has 1 amide bonds. The second kappa shape index (κ2) is 7.31. The van der Waals surface area contributed by atoms with Crippen LogP contribution >= 0.6 is 0 Å². The van der Waals surface area contributed by atoms with Crippen LogP contribution in [0.2, 0.25) is 0 Å². The molecule has 0 spiro atoms. The summed E-state index contributed by atoms with van der Waals surface area (Å²) in [6.07, 6.45) is 6.60. The lowest BCUT2D eigenvalue weighted by molar-refractivity contribution is -0.118. The van der Waals surface area contributed by atoms with Crippen molar-refractivity contribution in [3.63, 3.8) is 0 Å². The molecule has 4 heteroatoms. The van der Waals surface area contributed by atoms with Crippen molar-refractivity contribution in [1.82, 2.24) is 15.3 Å². The van der Waals surface area contributed by atoms with E-state index in [0.29, 0.717) is 6.54 Å². The Morgan fingerprint density at radius 2 is 1.56 bits per heavy atom. The smallest absolute Gasteiger partial charge is 0.216 e. The van der Waals surface area contributed by atoms with Crippen LogP contribution in [0.3, 0.4) is 0 Å². The topological polar surface area (TPSA) is 60.7 Å². The van der Waals surface area contributed by atoms with E-state index in [1.165, 1.54) is 38.5 Å². The van der Waals surface area contributed by atoms with Crippen molar-refractivity contribution in [3.8, 4) is 0 Å². The Kier molecular flexibility index (Phi) is 4.71. The molecule has 2 aromatic heterocycles. The van der Waals surface area contributed by atoms with E-state index in [2.05, 4.69) is 64.8 Å². The summed E-state index contributed by atoms with van der Waals surface area (Å²) in [5.74, 6) is 0.0114. The summed E-state index contributed by atoms with van der Waals surface area (Å²) in [4.78, 5) is 17.7. The molecule has 0 saturated carbocycles. The monoisotopic (exact) mass is 358 g/mol. The fraction of sp³-hybridized carbons (Fsp3) is 0.217. The maximum atomic E-state index is 11.1. The van der Waals surface area contributed by atoms with Gasteiger partial charge in [-0.15, -0.1) is 0 Å². The number of H-pyrrole nitrogens is 2. The van der Waals surface area contributed by atoms with Gasteiger partial charge < -0.3 is 15.3 Å². The van der Waals surface area contributed by atoms with Crippen molar-refractivity contribution in [2.75, 3.05) is 6.54 Å². The van der Waals surface area contributed by atoms with Crippen molar-refractivity contribution >= 4 is 27.7 Å². The highest BCUT2D eigenvalue weighted by atomic mass is 16.1. The van der Waals surface area contributed by atoms with Crippen molar-refractivity contribution in [3.05, 3.63) is 78.0 Å². The maximum Gasteiger partial charge on any atom is 0.216 e. The molecule has 0 saturated heterocycles. The van der Waals surface area contributed by atoms with E-state index in [4.69, 9.17) is 0 Å². The highest BCUT2D eigenvalue weighted by molar-refractivity contribution is 5.85. The van der Waals surface area contributed by atoms with E-state index in [9.17, 15) is 4.79 Å². The lowest BCUT2D eigenvalue weighted by Crippen LogP contribution is -2.22. The lowest BCUT2D eigenvalue weighted by Gasteiger charge is -2.06. The van der Waals surface area contributed by atoms with Crippen LogP contribution in [0.4, 0.5) is 0 Å². The zero-order chi connectivity index (χ0) is 18.8. The van der Waals surface area contributed by atoms with Gasteiger partial charge in [-0.3, -0.25) is 4.79 Å². The molecular weight excluding hydrogens is 334 g/mol. The summed E-state index contributed by atoms with van der Waals surface area (Å²) in [5, 5.41) is 5.37. The molecule has 0 unspecified atom stereocenters. The molecule has 2 heterocycles. The standard InChI is InChI=1S/C23H24N3O/c1-3-18-13-25-22-6-4-16(11-20(18)22)10-17-5-7-23-21(12-17)19(14-26-23)8-9-24-15(2)27/h4-7,11-14,25-26H,1,3,8-10H2,2H3,(H,24,27). The first-order valence-electron chi connectivity index (χ1n) is 9.35. The van der Waals surface area contributed by atoms with Gasteiger partial charge in [0.05, 0.1) is 0 Å². The third-order valence-corrected chi connectivity index (χ3v) is 5.11. The van der Waals surface area contributed by atoms with Crippen molar-refractivity contribution in [2.24, 2.45) is 0 Å². The maximum absolute atomic E-state index is 11.1. The SMILES string of the molecule is [CH2]Cc1c[nH]c2ccc(Cc3ccc4[nH]cc(CCNC(C)=O)c4c3)cc12. The van der Waals surface area contributed by atoms with Crippen LogP contribution in [0, 0.1) is 6.92 Å². The fourth-order valence-electron chi connectivity index (χ4n) is 3.69. The van der Waals surface area contributed by atoms with Crippen molar-refractivity contribution in [1.29, 1.82) is 0 Å². The van der Waals surface area contributed by atoms with Gasteiger partial charge >= 0.3 is 0 Å². The molecule has 3 N–H and O–H groups in total. The molecule has 0 atom stereocenters. The predicted octanol–water partition coefficient (Wildman–Crippen LogP) is 4.30. The molecule has 4 nitrogen and oxygen atoms in total.